The molecule has 43 heavy (non-hydrogen) atoms. The molecule has 0 atom stereocenters. The Hall–Kier alpha value is -5.03. The highest BCUT2D eigenvalue weighted by Crippen LogP contribution is 2.27. The third-order valence-electron chi connectivity index (χ3n) is 5.84. The molecule has 0 aliphatic rings. The number of aromatic carboxylic acids is 1. The number of hydrogen-bond acceptors (Lipinski definition) is 13. The molecule has 4 rings (SSSR count). The Morgan fingerprint density at radius 2 is 1.35 bits per heavy atom. The molecule has 0 saturated heterocycles. The van der Waals surface area contributed by atoms with Gasteiger partial charge in [0.05, 0.1) is 20.9 Å². The van der Waals surface area contributed by atoms with Crippen LogP contribution in [0, 0.1) is 0 Å². The summed E-state index contributed by atoms with van der Waals surface area (Å²) >= 11 is 0. The largest absolute Gasteiger partial charge is 0.508 e. The van der Waals surface area contributed by atoms with Crippen molar-refractivity contribution in [2.75, 3.05) is 0 Å². The number of carboxylic acids is 1. The lowest BCUT2D eigenvalue weighted by molar-refractivity contribution is -0.253. The number of benzene rings is 4. The number of esters is 1. The van der Waals surface area contributed by atoms with Crippen molar-refractivity contribution in [2.45, 2.75) is 23.0 Å². The minimum absolute atomic E-state index is 0.0212. The Morgan fingerprint density at radius 3 is 1.95 bits per heavy atom. The second kappa shape index (κ2) is 13.8. The Balaban J connectivity index is 1.41. The number of rotatable bonds is 13. The molecule has 0 spiro atoms. The average molecular weight is 614 g/mol. The number of carboxylic acid groups (broad SMARTS) is 1. The highest BCUT2D eigenvalue weighted by Gasteiger charge is 2.22. The molecule has 0 bridgehead atoms. The van der Waals surface area contributed by atoms with Gasteiger partial charge in [0.15, 0.2) is 11.5 Å². The predicted molar refractivity (Wildman–Crippen MR) is 144 cm³/mol. The quantitative estimate of drug-likeness (QED) is 0.0731. The van der Waals surface area contributed by atoms with Crippen LogP contribution in [0.4, 0.5) is 0 Å². The van der Waals surface area contributed by atoms with Crippen LogP contribution >= 0.6 is 0 Å². The van der Waals surface area contributed by atoms with Crippen LogP contribution in [0.1, 0.15) is 31.8 Å². The zero-order valence-corrected chi connectivity index (χ0v) is 22.7. The van der Waals surface area contributed by atoms with Gasteiger partial charge in [-0.15, -0.1) is 0 Å². The van der Waals surface area contributed by atoms with E-state index < -0.39 is 21.8 Å². The zero-order valence-electron chi connectivity index (χ0n) is 21.9. The number of carbonyl (C=O) groups excluding carboxylic acids is 1. The first-order valence-corrected chi connectivity index (χ1v) is 13.6. The van der Waals surface area contributed by atoms with Crippen LogP contribution in [-0.4, -0.2) is 35.8 Å². The van der Waals surface area contributed by atoms with Crippen molar-refractivity contribution in [1.29, 1.82) is 0 Å². The summed E-state index contributed by atoms with van der Waals surface area (Å²) in [5.41, 5.74) is 0.323. The molecule has 0 aliphatic carbocycles. The topological polar surface area (TPSA) is 210 Å². The molecule has 224 valence electrons. The van der Waals surface area contributed by atoms with Gasteiger partial charge in [-0.05, 0) is 90.0 Å². The summed E-state index contributed by atoms with van der Waals surface area (Å²) in [5, 5.41) is 27.7. The Kier molecular flexibility index (Phi) is 9.89. The Labute approximate surface area is 243 Å². The third-order valence-corrected chi connectivity index (χ3v) is 7.63. The van der Waals surface area contributed by atoms with Crippen molar-refractivity contribution in [1.82, 2.24) is 0 Å². The van der Waals surface area contributed by atoms with E-state index in [4.69, 9.17) is 25.7 Å². The van der Waals surface area contributed by atoms with Crippen molar-refractivity contribution in [3.8, 4) is 23.0 Å². The van der Waals surface area contributed by atoms with Crippen molar-refractivity contribution in [2.24, 2.45) is 5.90 Å². The molecule has 4 aromatic rings. The van der Waals surface area contributed by atoms with Gasteiger partial charge in [-0.1, -0.05) is 11.1 Å². The van der Waals surface area contributed by atoms with Crippen molar-refractivity contribution in [3.63, 3.8) is 0 Å². The van der Waals surface area contributed by atoms with Crippen LogP contribution in [0.15, 0.2) is 94.7 Å². The van der Waals surface area contributed by atoms with E-state index in [2.05, 4.69) is 14.8 Å². The fourth-order valence-corrected chi connectivity index (χ4v) is 5.02. The minimum atomic E-state index is -3.99. The molecule has 0 amide bonds. The second-order valence-electron chi connectivity index (χ2n) is 8.60. The molecule has 0 heterocycles. The molecule has 15 heteroatoms. The summed E-state index contributed by atoms with van der Waals surface area (Å²) < 4.78 is 31.4. The molecule has 0 unspecified atom stereocenters. The van der Waals surface area contributed by atoms with Gasteiger partial charge < -0.3 is 24.7 Å². The van der Waals surface area contributed by atoms with Crippen LogP contribution in [0.3, 0.4) is 0 Å². The summed E-state index contributed by atoms with van der Waals surface area (Å²) in [6.45, 7) is -0.238. The van der Waals surface area contributed by atoms with Crippen LogP contribution < -0.4 is 20.4 Å². The normalized spacial score (nSPS) is 11.1. The third kappa shape index (κ3) is 7.63. The first-order chi connectivity index (χ1) is 20.6. The van der Waals surface area contributed by atoms with Gasteiger partial charge >= 0.3 is 11.9 Å². The monoisotopic (exact) mass is 613 g/mol. The SMILES string of the molecule is NOOc1ccc(C(=O)O)c(C(=O)Oc2ccc(S(=O)(=O)c3ccc(OOCc4cc(O)ccc4COO)cc3)cc2)c1. The number of carbonyl (C=O) groups is 2. The van der Waals surface area contributed by atoms with Crippen molar-refractivity contribution < 1.29 is 62.8 Å². The smallest absolute Gasteiger partial charge is 0.344 e. The molecule has 0 aliphatic heterocycles. The first kappa shape index (κ1) is 30.9. The minimum Gasteiger partial charge on any atom is -0.508 e. The van der Waals surface area contributed by atoms with Gasteiger partial charge in [-0.3, -0.25) is 5.26 Å². The van der Waals surface area contributed by atoms with E-state index >= 15 is 0 Å². The molecule has 4 aromatic carbocycles. The van der Waals surface area contributed by atoms with E-state index in [0.717, 1.165) is 12.1 Å². The number of nitrogens with two attached hydrogens (primary N) is 1. The Morgan fingerprint density at radius 1 is 0.721 bits per heavy atom. The Bertz CT molecular complexity index is 1710. The molecule has 0 radical (unpaired) electrons. The molecule has 0 aromatic heterocycles. The first-order valence-electron chi connectivity index (χ1n) is 12.1. The van der Waals surface area contributed by atoms with Crippen LogP contribution in [0.2, 0.25) is 0 Å². The fourth-order valence-electron chi connectivity index (χ4n) is 3.76. The maximum absolute atomic E-state index is 13.1. The lowest BCUT2D eigenvalue weighted by Crippen LogP contribution is -2.15. The van der Waals surface area contributed by atoms with E-state index in [0.29, 0.717) is 11.1 Å². The highest BCUT2D eigenvalue weighted by atomic mass is 32.2. The molecular weight excluding hydrogens is 590 g/mol. The number of aromatic hydroxyl groups is 1. The maximum atomic E-state index is 13.1. The van der Waals surface area contributed by atoms with E-state index in [1.54, 1.807) is 6.07 Å². The van der Waals surface area contributed by atoms with Crippen LogP contribution in [0.25, 0.3) is 0 Å². The molecular formula is C28H23NO13S. The lowest BCUT2D eigenvalue weighted by Gasteiger charge is -2.11. The fraction of sp³-hybridized carbons (Fsp3) is 0.0714. The molecule has 5 N–H and O–H groups in total. The number of phenolic OH excluding ortho intramolecular Hbond substituents is 1. The average Bonchev–Trinajstić information content (AvgIpc) is 2.99. The highest BCUT2D eigenvalue weighted by molar-refractivity contribution is 7.91. The van der Waals surface area contributed by atoms with Gasteiger partial charge in [0, 0.05) is 0 Å². The second-order valence-corrected chi connectivity index (χ2v) is 10.5. The summed E-state index contributed by atoms with van der Waals surface area (Å²) in [6, 6.07) is 18.0. The zero-order chi connectivity index (χ0) is 31.0. The van der Waals surface area contributed by atoms with Gasteiger partial charge in [0.1, 0.15) is 24.7 Å². The van der Waals surface area contributed by atoms with Crippen molar-refractivity contribution >= 4 is 21.8 Å². The summed E-state index contributed by atoms with van der Waals surface area (Å²) in [7, 11) is -3.99. The maximum Gasteiger partial charge on any atom is 0.344 e. The van der Waals surface area contributed by atoms with Gasteiger partial charge in [-0.25, -0.2) is 22.9 Å². The van der Waals surface area contributed by atoms with E-state index in [1.807, 2.05) is 0 Å². The van der Waals surface area contributed by atoms with Crippen molar-refractivity contribution in [3.05, 3.63) is 107 Å². The number of phenols is 1. The standard InChI is InChI=1S/C28H23NO13S/c29-42-41-22-7-12-25(27(31)32)26(14-22)28(33)39-20-3-8-23(9-4-20)43(35,36)24-10-5-21(6-11-24)40-38-16-18-13-19(30)2-1-17(18)15-37-34/h1-14,30,34H,15-16,29H2,(H,31,32). The molecule has 0 saturated carbocycles. The summed E-state index contributed by atoms with van der Waals surface area (Å²) in [6.07, 6.45) is 0. The van der Waals surface area contributed by atoms with Gasteiger partial charge in [-0.2, -0.15) is 10.8 Å². The van der Waals surface area contributed by atoms with E-state index in [9.17, 15) is 28.2 Å². The predicted octanol–water partition coefficient (Wildman–Crippen LogP) is 3.83. The number of hydrogen-bond donors (Lipinski definition) is 4. The van der Waals surface area contributed by atoms with E-state index in [-0.39, 0.29) is 57.1 Å². The lowest BCUT2D eigenvalue weighted by atomic mass is 10.1. The van der Waals surface area contributed by atoms with Crippen LogP contribution in [0.5, 0.6) is 23.0 Å². The van der Waals surface area contributed by atoms with Gasteiger partial charge in [0.2, 0.25) is 9.84 Å². The number of sulfone groups is 1. The molecule has 0 fully saturated rings. The van der Waals surface area contributed by atoms with E-state index in [1.165, 1.54) is 66.7 Å². The summed E-state index contributed by atoms with van der Waals surface area (Å²) in [5.74, 6) is 2.45. The van der Waals surface area contributed by atoms with Crippen LogP contribution in [-0.2, 0) is 37.8 Å². The van der Waals surface area contributed by atoms with Gasteiger partial charge in [0.25, 0.3) is 0 Å². The molecule has 14 nitrogen and oxygen atoms in total. The summed E-state index contributed by atoms with van der Waals surface area (Å²) in [4.78, 5) is 47.2. The number of ether oxygens (including phenoxy) is 1.